The smallest absolute Gasteiger partial charge is 0.260 e. The van der Waals surface area contributed by atoms with Crippen LogP contribution in [0.5, 0.6) is 5.88 Å². The lowest BCUT2D eigenvalue weighted by molar-refractivity contribution is 0.149. The quantitative estimate of drug-likeness (QED) is 0.345. The van der Waals surface area contributed by atoms with Crippen molar-refractivity contribution in [2.24, 2.45) is 10.7 Å². The second kappa shape index (κ2) is 11.4. The molecule has 0 aromatic carbocycles. The van der Waals surface area contributed by atoms with Gasteiger partial charge in [0.2, 0.25) is 0 Å². The van der Waals surface area contributed by atoms with Gasteiger partial charge in [-0.15, -0.1) is 5.10 Å². The highest BCUT2D eigenvalue weighted by Gasteiger charge is 2.19. The van der Waals surface area contributed by atoms with Gasteiger partial charge in [0.25, 0.3) is 5.88 Å². The third-order valence-electron chi connectivity index (χ3n) is 5.05. The number of fused-ring (bicyclic) bond motifs is 1. The summed E-state index contributed by atoms with van der Waals surface area (Å²) in [5.74, 6) is 0.786. The molecule has 0 fully saturated rings. The SMILES string of the molecule is CCCCCN(C)CCOc1nn2ccccc2c1N=C1C=C(OCCO)C(N)=CC1=N. The molecule has 0 radical (unpaired) electrons. The molecule has 0 amide bonds. The first-order chi connectivity index (χ1) is 15.5. The van der Waals surface area contributed by atoms with Gasteiger partial charge in [0, 0.05) is 18.8 Å². The maximum Gasteiger partial charge on any atom is 0.260 e. The molecule has 0 aliphatic heterocycles. The highest BCUT2D eigenvalue weighted by Crippen LogP contribution is 2.32. The van der Waals surface area contributed by atoms with Crippen LogP contribution in [0.4, 0.5) is 5.69 Å². The molecule has 0 saturated heterocycles. The molecule has 0 bridgehead atoms. The molecule has 1 aliphatic carbocycles. The normalized spacial score (nSPS) is 15.4. The average molecular weight is 441 g/mol. The first-order valence-corrected chi connectivity index (χ1v) is 10.9. The summed E-state index contributed by atoms with van der Waals surface area (Å²) in [5, 5.41) is 21.8. The van der Waals surface area contributed by atoms with Crippen molar-refractivity contribution in [3.63, 3.8) is 0 Å². The van der Waals surface area contributed by atoms with Gasteiger partial charge in [-0.1, -0.05) is 25.8 Å². The Balaban J connectivity index is 1.82. The van der Waals surface area contributed by atoms with Crippen molar-refractivity contribution in [3.8, 4) is 5.88 Å². The molecule has 2 heterocycles. The number of ether oxygens (including phenoxy) is 2. The van der Waals surface area contributed by atoms with Gasteiger partial charge in [0.1, 0.15) is 19.0 Å². The van der Waals surface area contributed by atoms with Crippen LogP contribution in [0.15, 0.2) is 53.0 Å². The molecule has 2 aromatic heterocycles. The summed E-state index contributed by atoms with van der Waals surface area (Å²) < 4.78 is 13.2. The molecule has 0 atom stereocenters. The molecule has 0 saturated carbocycles. The van der Waals surface area contributed by atoms with E-state index in [1.165, 1.54) is 25.3 Å². The molecular formula is C23H32N6O3. The monoisotopic (exact) mass is 440 g/mol. The fraction of sp³-hybridized carbons (Fsp3) is 0.435. The van der Waals surface area contributed by atoms with E-state index in [4.69, 9.17) is 25.7 Å². The Morgan fingerprint density at radius 3 is 2.81 bits per heavy atom. The lowest BCUT2D eigenvalue weighted by atomic mass is 10.1. The number of likely N-dealkylation sites (N-methyl/N-ethyl adjacent to an activating group) is 1. The Labute approximate surface area is 188 Å². The van der Waals surface area contributed by atoms with E-state index in [0.717, 1.165) is 18.6 Å². The number of nitrogens with zero attached hydrogens (tertiary/aromatic N) is 4. The van der Waals surface area contributed by atoms with E-state index in [9.17, 15) is 0 Å². The number of aliphatic hydroxyl groups excluding tert-OH is 1. The molecule has 32 heavy (non-hydrogen) atoms. The van der Waals surface area contributed by atoms with Gasteiger partial charge in [0.05, 0.1) is 29.2 Å². The Kier molecular flexibility index (Phi) is 8.41. The molecule has 9 heteroatoms. The Hall–Kier alpha value is -3.17. The number of pyridine rings is 1. The van der Waals surface area contributed by atoms with Crippen LogP contribution in [-0.2, 0) is 4.74 Å². The van der Waals surface area contributed by atoms with Crippen LogP contribution in [0, 0.1) is 5.41 Å². The largest absolute Gasteiger partial charge is 0.489 e. The number of aromatic nitrogens is 2. The number of nitrogens with two attached hydrogens (primary N) is 1. The first kappa shape index (κ1) is 23.5. The van der Waals surface area contributed by atoms with Crippen LogP contribution in [0.3, 0.4) is 0 Å². The standard InChI is InChI=1S/C23H32N6O3/c1-3-4-6-9-28(2)11-13-32-23-22(20-8-5-7-10-29(20)27-23)26-19-16-21(31-14-12-30)18(25)15-17(19)24/h5,7-8,10,15-16,24,30H,3-4,6,9,11-14,25H2,1-2H3. The minimum atomic E-state index is -0.131. The van der Waals surface area contributed by atoms with Crippen molar-refractivity contribution in [3.05, 3.63) is 48.0 Å². The summed E-state index contributed by atoms with van der Waals surface area (Å²) in [6.45, 7) is 4.47. The summed E-state index contributed by atoms with van der Waals surface area (Å²) in [4.78, 5) is 6.93. The van der Waals surface area contributed by atoms with Crippen LogP contribution in [0.1, 0.15) is 26.2 Å². The fourth-order valence-corrected chi connectivity index (χ4v) is 3.29. The highest BCUT2D eigenvalue weighted by atomic mass is 16.5. The number of unbranched alkanes of at least 4 members (excludes halogenated alkanes) is 2. The third kappa shape index (κ3) is 5.95. The van der Waals surface area contributed by atoms with Gasteiger partial charge < -0.3 is 25.2 Å². The van der Waals surface area contributed by atoms with Crippen molar-refractivity contribution in [2.75, 3.05) is 40.0 Å². The number of hydrogen-bond donors (Lipinski definition) is 3. The first-order valence-electron chi connectivity index (χ1n) is 10.9. The van der Waals surface area contributed by atoms with Gasteiger partial charge in [-0.2, -0.15) is 0 Å². The van der Waals surface area contributed by atoms with Crippen LogP contribution in [-0.4, -0.2) is 71.0 Å². The van der Waals surface area contributed by atoms with Crippen LogP contribution in [0.2, 0.25) is 0 Å². The van der Waals surface area contributed by atoms with E-state index in [-0.39, 0.29) is 18.9 Å². The van der Waals surface area contributed by atoms with Crippen LogP contribution in [0.25, 0.3) is 5.52 Å². The number of allylic oxidation sites excluding steroid dienone is 2. The van der Waals surface area contributed by atoms with Gasteiger partial charge in [-0.3, -0.25) is 5.41 Å². The second-order valence-electron chi connectivity index (χ2n) is 7.63. The van der Waals surface area contributed by atoms with Crippen molar-refractivity contribution in [1.29, 1.82) is 5.41 Å². The Morgan fingerprint density at radius 1 is 1.19 bits per heavy atom. The molecule has 0 unspecified atom stereocenters. The highest BCUT2D eigenvalue weighted by molar-refractivity contribution is 6.50. The average Bonchev–Trinajstić information content (AvgIpc) is 3.12. The van der Waals surface area contributed by atoms with E-state index in [1.54, 1.807) is 10.6 Å². The zero-order valence-electron chi connectivity index (χ0n) is 18.8. The number of nitrogens with one attached hydrogen (secondary N) is 1. The molecule has 2 aromatic rings. The van der Waals surface area contributed by atoms with Gasteiger partial charge in [-0.25, -0.2) is 9.51 Å². The summed E-state index contributed by atoms with van der Waals surface area (Å²) in [6.07, 6.45) is 8.52. The fourth-order valence-electron chi connectivity index (χ4n) is 3.29. The van der Waals surface area contributed by atoms with Crippen molar-refractivity contribution in [1.82, 2.24) is 14.5 Å². The summed E-state index contributed by atoms with van der Waals surface area (Å²) >= 11 is 0. The van der Waals surface area contributed by atoms with E-state index >= 15 is 0 Å². The third-order valence-corrected chi connectivity index (χ3v) is 5.05. The van der Waals surface area contributed by atoms with E-state index in [1.807, 2.05) is 24.4 Å². The predicted molar refractivity (Wildman–Crippen MR) is 126 cm³/mol. The van der Waals surface area contributed by atoms with E-state index < -0.39 is 0 Å². The maximum atomic E-state index is 9.03. The summed E-state index contributed by atoms with van der Waals surface area (Å²) in [6, 6.07) is 5.69. The van der Waals surface area contributed by atoms with Crippen molar-refractivity contribution in [2.45, 2.75) is 26.2 Å². The number of hydrogen-bond acceptors (Lipinski definition) is 8. The zero-order valence-corrected chi connectivity index (χ0v) is 18.8. The van der Waals surface area contributed by atoms with Crippen molar-refractivity contribution < 1.29 is 14.6 Å². The second-order valence-corrected chi connectivity index (χ2v) is 7.63. The molecule has 4 N–H and O–H groups in total. The maximum absolute atomic E-state index is 9.03. The Morgan fingerprint density at radius 2 is 2.03 bits per heavy atom. The lowest BCUT2D eigenvalue weighted by Gasteiger charge is -2.16. The minimum Gasteiger partial charge on any atom is -0.489 e. The molecule has 1 aliphatic rings. The summed E-state index contributed by atoms with van der Waals surface area (Å²) in [7, 11) is 2.09. The minimum absolute atomic E-state index is 0.109. The van der Waals surface area contributed by atoms with Gasteiger partial charge in [-0.05, 0) is 38.2 Å². The number of rotatable bonds is 12. The van der Waals surface area contributed by atoms with Gasteiger partial charge in [0.15, 0.2) is 5.69 Å². The van der Waals surface area contributed by atoms with Crippen LogP contribution < -0.4 is 10.5 Å². The van der Waals surface area contributed by atoms with Crippen LogP contribution >= 0.6 is 0 Å². The zero-order chi connectivity index (χ0) is 22.9. The van der Waals surface area contributed by atoms with E-state index in [0.29, 0.717) is 35.3 Å². The molecular weight excluding hydrogens is 408 g/mol. The summed E-state index contributed by atoms with van der Waals surface area (Å²) in [5.41, 5.74) is 8.13. The molecule has 3 rings (SSSR count). The topological polar surface area (TPSA) is 121 Å². The van der Waals surface area contributed by atoms with Crippen molar-refractivity contribution >= 4 is 22.6 Å². The number of aliphatic hydroxyl groups is 1. The Bertz CT molecular complexity index is 1020. The molecule has 0 spiro atoms. The number of aliphatic imine (C=N–C) groups is 1. The van der Waals surface area contributed by atoms with E-state index in [2.05, 4.69) is 29.0 Å². The predicted octanol–water partition coefficient (Wildman–Crippen LogP) is 2.68. The molecule has 172 valence electrons. The molecule has 9 nitrogen and oxygen atoms in total. The lowest BCUT2D eigenvalue weighted by Crippen LogP contribution is -2.25. The van der Waals surface area contributed by atoms with Gasteiger partial charge >= 0.3 is 0 Å².